The van der Waals surface area contributed by atoms with E-state index in [2.05, 4.69) is 5.32 Å². The normalized spacial score (nSPS) is 25.1. The summed E-state index contributed by atoms with van der Waals surface area (Å²) in [7, 11) is 0. The highest BCUT2D eigenvalue weighted by atomic mass is 16.4. The molecule has 2 aliphatic carbocycles. The zero-order chi connectivity index (χ0) is 11.1. The third-order valence-corrected chi connectivity index (χ3v) is 3.90. The average Bonchev–Trinajstić information content (AvgIpc) is 2.91. The molecular formula is C11H17NO3. The molecule has 0 aromatic rings. The zero-order valence-electron chi connectivity index (χ0n) is 9.01. The second-order valence-corrected chi connectivity index (χ2v) is 5.18. The molecule has 0 atom stereocenters. The Balaban J connectivity index is 1.83. The van der Waals surface area contributed by atoms with E-state index in [4.69, 9.17) is 5.11 Å². The van der Waals surface area contributed by atoms with Crippen LogP contribution in [0.25, 0.3) is 0 Å². The van der Waals surface area contributed by atoms with Gasteiger partial charge >= 0.3 is 5.97 Å². The monoisotopic (exact) mass is 211 g/mol. The SMILES string of the molecule is CC1(C(=O)NCC2(C(=O)O)CC2)CCC1. The van der Waals surface area contributed by atoms with E-state index in [-0.39, 0.29) is 11.3 Å². The molecule has 0 aromatic heterocycles. The second-order valence-electron chi connectivity index (χ2n) is 5.18. The third kappa shape index (κ3) is 1.73. The minimum Gasteiger partial charge on any atom is -0.481 e. The molecule has 84 valence electrons. The van der Waals surface area contributed by atoms with Gasteiger partial charge in [0.25, 0.3) is 0 Å². The molecule has 0 heterocycles. The van der Waals surface area contributed by atoms with Crippen molar-refractivity contribution in [3.63, 3.8) is 0 Å². The number of amides is 1. The highest BCUT2D eigenvalue weighted by Crippen LogP contribution is 2.46. The fourth-order valence-corrected chi connectivity index (χ4v) is 2.01. The fourth-order valence-electron chi connectivity index (χ4n) is 2.01. The Hall–Kier alpha value is -1.06. The summed E-state index contributed by atoms with van der Waals surface area (Å²) in [5.41, 5.74) is -0.871. The van der Waals surface area contributed by atoms with Crippen LogP contribution in [0.5, 0.6) is 0 Å². The van der Waals surface area contributed by atoms with Crippen molar-refractivity contribution in [1.82, 2.24) is 5.32 Å². The van der Waals surface area contributed by atoms with Crippen LogP contribution < -0.4 is 5.32 Å². The molecule has 0 radical (unpaired) electrons. The molecule has 2 fully saturated rings. The second kappa shape index (κ2) is 3.22. The van der Waals surface area contributed by atoms with Gasteiger partial charge in [-0.3, -0.25) is 9.59 Å². The van der Waals surface area contributed by atoms with Crippen LogP contribution in [0, 0.1) is 10.8 Å². The van der Waals surface area contributed by atoms with Gasteiger partial charge in [-0.25, -0.2) is 0 Å². The van der Waals surface area contributed by atoms with E-state index < -0.39 is 11.4 Å². The number of aliphatic carboxylic acids is 1. The van der Waals surface area contributed by atoms with E-state index in [1.807, 2.05) is 6.92 Å². The van der Waals surface area contributed by atoms with Crippen molar-refractivity contribution >= 4 is 11.9 Å². The van der Waals surface area contributed by atoms with Gasteiger partial charge in [0.15, 0.2) is 0 Å². The fraction of sp³-hybridized carbons (Fsp3) is 0.818. The van der Waals surface area contributed by atoms with Gasteiger partial charge in [0, 0.05) is 12.0 Å². The standard InChI is InChI=1S/C11H17NO3/c1-10(3-2-4-10)8(13)12-7-11(5-6-11)9(14)15/h2-7H2,1H3,(H,12,13)(H,14,15). The highest BCUT2D eigenvalue weighted by Gasteiger charge is 2.51. The van der Waals surface area contributed by atoms with Crippen molar-refractivity contribution in [2.45, 2.75) is 39.0 Å². The molecule has 2 saturated carbocycles. The summed E-state index contributed by atoms with van der Waals surface area (Å²) in [6, 6.07) is 0. The molecule has 0 bridgehead atoms. The van der Waals surface area contributed by atoms with Crippen LogP contribution in [0.1, 0.15) is 39.0 Å². The van der Waals surface area contributed by atoms with E-state index in [1.54, 1.807) is 0 Å². The summed E-state index contributed by atoms with van der Waals surface area (Å²) in [5, 5.41) is 11.7. The first-order valence-corrected chi connectivity index (χ1v) is 5.50. The lowest BCUT2D eigenvalue weighted by atomic mass is 9.70. The molecule has 2 N–H and O–H groups in total. The van der Waals surface area contributed by atoms with Gasteiger partial charge in [-0.15, -0.1) is 0 Å². The van der Waals surface area contributed by atoms with E-state index >= 15 is 0 Å². The van der Waals surface area contributed by atoms with Crippen molar-refractivity contribution in [3.05, 3.63) is 0 Å². The van der Waals surface area contributed by atoms with Crippen molar-refractivity contribution in [2.24, 2.45) is 10.8 Å². The Kier molecular flexibility index (Phi) is 2.24. The predicted octanol–water partition coefficient (Wildman–Crippen LogP) is 1.16. The van der Waals surface area contributed by atoms with Crippen LogP contribution in [-0.4, -0.2) is 23.5 Å². The number of carboxylic acids is 1. The molecule has 4 nitrogen and oxygen atoms in total. The molecule has 0 aromatic carbocycles. The smallest absolute Gasteiger partial charge is 0.311 e. The van der Waals surface area contributed by atoms with E-state index in [9.17, 15) is 9.59 Å². The summed E-state index contributed by atoms with van der Waals surface area (Å²) in [6.07, 6.45) is 4.35. The van der Waals surface area contributed by atoms with Crippen LogP contribution in [0.4, 0.5) is 0 Å². The molecule has 1 amide bonds. The first-order valence-electron chi connectivity index (χ1n) is 5.50. The summed E-state index contributed by atoms with van der Waals surface area (Å²) in [4.78, 5) is 22.6. The molecule has 0 aliphatic heterocycles. The molecular weight excluding hydrogens is 194 g/mol. The lowest BCUT2D eigenvalue weighted by Gasteiger charge is -2.36. The number of carbonyl (C=O) groups is 2. The summed E-state index contributed by atoms with van der Waals surface area (Å²) in [5.74, 6) is -0.747. The number of hydrogen-bond donors (Lipinski definition) is 2. The van der Waals surface area contributed by atoms with E-state index in [0.29, 0.717) is 19.4 Å². The van der Waals surface area contributed by atoms with Gasteiger partial charge in [0.1, 0.15) is 0 Å². The zero-order valence-corrected chi connectivity index (χ0v) is 9.01. The lowest BCUT2D eigenvalue weighted by Crippen LogP contribution is -2.46. The third-order valence-electron chi connectivity index (χ3n) is 3.90. The summed E-state index contributed by atoms with van der Waals surface area (Å²) >= 11 is 0. The Morgan fingerprint density at radius 2 is 1.87 bits per heavy atom. The van der Waals surface area contributed by atoms with Gasteiger partial charge in [0.05, 0.1) is 5.41 Å². The average molecular weight is 211 g/mol. The Bertz CT molecular complexity index is 303. The quantitative estimate of drug-likeness (QED) is 0.733. The van der Waals surface area contributed by atoms with Crippen LogP contribution in [-0.2, 0) is 9.59 Å². The molecule has 0 unspecified atom stereocenters. The van der Waals surface area contributed by atoms with Gasteiger partial charge in [-0.1, -0.05) is 13.3 Å². The summed E-state index contributed by atoms with van der Waals surface area (Å²) < 4.78 is 0. The number of nitrogens with one attached hydrogen (secondary N) is 1. The molecule has 15 heavy (non-hydrogen) atoms. The number of carbonyl (C=O) groups excluding carboxylic acids is 1. The van der Waals surface area contributed by atoms with Crippen LogP contribution in [0.15, 0.2) is 0 Å². The van der Waals surface area contributed by atoms with Gasteiger partial charge in [0.2, 0.25) is 5.91 Å². The minimum absolute atomic E-state index is 0.0290. The maximum Gasteiger partial charge on any atom is 0.311 e. The van der Waals surface area contributed by atoms with E-state index in [0.717, 1.165) is 19.3 Å². The number of carboxylic acid groups (broad SMARTS) is 1. The Morgan fingerprint density at radius 1 is 1.27 bits per heavy atom. The van der Waals surface area contributed by atoms with Crippen molar-refractivity contribution in [3.8, 4) is 0 Å². The first kappa shape index (κ1) is 10.5. The Labute approximate surface area is 89.0 Å². The maximum atomic E-state index is 11.7. The number of hydrogen-bond acceptors (Lipinski definition) is 2. The largest absolute Gasteiger partial charge is 0.481 e. The van der Waals surface area contributed by atoms with Gasteiger partial charge in [-0.2, -0.15) is 0 Å². The van der Waals surface area contributed by atoms with E-state index in [1.165, 1.54) is 0 Å². The van der Waals surface area contributed by atoms with Crippen molar-refractivity contribution in [2.75, 3.05) is 6.54 Å². The van der Waals surface area contributed by atoms with Gasteiger partial charge < -0.3 is 10.4 Å². The molecule has 2 rings (SSSR count). The summed E-state index contributed by atoms with van der Waals surface area (Å²) in [6.45, 7) is 2.25. The van der Waals surface area contributed by atoms with Crippen LogP contribution >= 0.6 is 0 Å². The first-order chi connectivity index (χ1) is 6.99. The van der Waals surface area contributed by atoms with Crippen LogP contribution in [0.3, 0.4) is 0 Å². The Morgan fingerprint density at radius 3 is 2.20 bits per heavy atom. The number of rotatable bonds is 4. The highest BCUT2D eigenvalue weighted by molar-refractivity contribution is 5.84. The van der Waals surface area contributed by atoms with Crippen LogP contribution in [0.2, 0.25) is 0 Å². The maximum absolute atomic E-state index is 11.7. The minimum atomic E-state index is -0.776. The lowest BCUT2D eigenvalue weighted by molar-refractivity contribution is -0.143. The van der Waals surface area contributed by atoms with Gasteiger partial charge in [-0.05, 0) is 25.7 Å². The molecule has 0 saturated heterocycles. The predicted molar refractivity (Wildman–Crippen MR) is 54.3 cm³/mol. The van der Waals surface area contributed by atoms with Crippen molar-refractivity contribution < 1.29 is 14.7 Å². The molecule has 0 spiro atoms. The molecule has 4 heteroatoms. The topological polar surface area (TPSA) is 66.4 Å². The molecule has 2 aliphatic rings. The van der Waals surface area contributed by atoms with Crippen molar-refractivity contribution in [1.29, 1.82) is 0 Å².